The average Bonchev–Trinajstić information content (AvgIpc) is 2.37. The van der Waals surface area contributed by atoms with Crippen LogP contribution in [-0.2, 0) is 10.9 Å². The monoisotopic (exact) mass is 270 g/mol. The van der Waals surface area contributed by atoms with Gasteiger partial charge in [0, 0.05) is 0 Å². The smallest absolute Gasteiger partial charge is 0.327 e. The fraction of sp³-hybridized carbons (Fsp3) is 0.571. The maximum Gasteiger partial charge on any atom is 0.327 e. The molecule has 0 aromatic heterocycles. The molecule has 0 aliphatic heterocycles. The molecular weight excluding hydrogens is 247 g/mol. The molecule has 0 bridgehead atoms. The summed E-state index contributed by atoms with van der Waals surface area (Å²) < 4.78 is 5.04. The molecule has 3 nitrogen and oxygen atoms in total. The summed E-state index contributed by atoms with van der Waals surface area (Å²) in [5, 5.41) is 0. The van der Waals surface area contributed by atoms with Gasteiger partial charge in [0.2, 0.25) is 0 Å². The first kappa shape index (κ1) is 15.6. The van der Waals surface area contributed by atoms with E-state index in [0.717, 1.165) is 32.1 Å². The Hall–Kier alpha value is -0.470. The van der Waals surface area contributed by atoms with Crippen LogP contribution >= 0.6 is 8.60 Å². The van der Waals surface area contributed by atoms with Crippen molar-refractivity contribution in [1.29, 1.82) is 0 Å². The summed E-state index contributed by atoms with van der Waals surface area (Å²) in [7, 11) is -2.21. The van der Waals surface area contributed by atoms with Crippen LogP contribution in [0.15, 0.2) is 30.3 Å². The first-order chi connectivity index (χ1) is 8.72. The van der Waals surface area contributed by atoms with E-state index in [0.29, 0.717) is 0 Å². The van der Waals surface area contributed by atoms with Crippen molar-refractivity contribution in [3.8, 4) is 0 Å². The maximum absolute atomic E-state index is 8.80. The van der Waals surface area contributed by atoms with E-state index in [2.05, 4.69) is 24.3 Å². The van der Waals surface area contributed by atoms with Crippen molar-refractivity contribution in [3.05, 3.63) is 35.9 Å². The molecule has 2 N–H and O–H groups in total. The predicted octanol–water partition coefficient (Wildman–Crippen LogP) is 3.80. The van der Waals surface area contributed by atoms with Gasteiger partial charge in [-0.1, -0.05) is 50.1 Å². The highest BCUT2D eigenvalue weighted by Gasteiger charge is 2.11. The van der Waals surface area contributed by atoms with E-state index in [1.54, 1.807) is 0 Å². The highest BCUT2D eigenvalue weighted by Crippen LogP contribution is 2.29. The van der Waals surface area contributed by atoms with E-state index >= 15 is 0 Å². The summed E-state index contributed by atoms with van der Waals surface area (Å²) in [6, 6.07) is 10.5. The average molecular weight is 270 g/mol. The van der Waals surface area contributed by atoms with Crippen LogP contribution in [0.3, 0.4) is 0 Å². The summed E-state index contributed by atoms with van der Waals surface area (Å²) >= 11 is 0. The highest BCUT2D eigenvalue weighted by atomic mass is 31.2. The van der Waals surface area contributed by atoms with Gasteiger partial charge in [-0.2, -0.15) is 0 Å². The number of hydrogen-bond acceptors (Lipinski definition) is 3. The van der Waals surface area contributed by atoms with E-state index in [-0.39, 0.29) is 6.10 Å². The molecule has 0 heterocycles. The Labute approximate surface area is 111 Å². The number of benzene rings is 1. The zero-order chi connectivity index (χ0) is 13.2. The Kier molecular flexibility index (Phi) is 8.19. The second kappa shape index (κ2) is 9.46. The molecule has 0 spiro atoms. The van der Waals surface area contributed by atoms with Crippen LogP contribution in [0.1, 0.15) is 44.6 Å². The molecule has 102 valence electrons. The van der Waals surface area contributed by atoms with Gasteiger partial charge in [-0.25, -0.2) is 0 Å². The largest absolute Gasteiger partial charge is 0.328 e. The molecule has 1 rings (SSSR count). The minimum Gasteiger partial charge on any atom is -0.328 e. The van der Waals surface area contributed by atoms with Gasteiger partial charge in [-0.15, -0.1) is 0 Å². The Morgan fingerprint density at radius 3 is 2.44 bits per heavy atom. The van der Waals surface area contributed by atoms with Crippen molar-refractivity contribution in [2.24, 2.45) is 0 Å². The minimum absolute atomic E-state index is 0.0113. The summed E-state index contributed by atoms with van der Waals surface area (Å²) in [6.07, 6.45) is 6.25. The second-order valence-electron chi connectivity index (χ2n) is 4.47. The van der Waals surface area contributed by atoms with Gasteiger partial charge in [0.05, 0.1) is 6.10 Å². The van der Waals surface area contributed by atoms with Crippen LogP contribution < -0.4 is 0 Å². The molecule has 1 atom stereocenters. The third-order valence-electron chi connectivity index (χ3n) is 3.03. The van der Waals surface area contributed by atoms with Crippen LogP contribution in [0.5, 0.6) is 0 Å². The first-order valence-electron chi connectivity index (χ1n) is 6.61. The molecule has 1 unspecified atom stereocenters. The van der Waals surface area contributed by atoms with Crippen LogP contribution in [0, 0.1) is 0 Å². The molecule has 0 radical (unpaired) electrons. The van der Waals surface area contributed by atoms with E-state index in [4.69, 9.17) is 14.3 Å². The lowest BCUT2D eigenvalue weighted by atomic mass is 10.0. The van der Waals surface area contributed by atoms with Crippen molar-refractivity contribution < 1.29 is 14.3 Å². The van der Waals surface area contributed by atoms with E-state index < -0.39 is 8.60 Å². The van der Waals surface area contributed by atoms with E-state index in [9.17, 15) is 0 Å². The van der Waals surface area contributed by atoms with E-state index in [1.165, 1.54) is 12.0 Å². The van der Waals surface area contributed by atoms with Crippen molar-refractivity contribution in [2.45, 2.75) is 51.6 Å². The second-order valence-corrected chi connectivity index (χ2v) is 5.19. The predicted molar refractivity (Wildman–Crippen MR) is 75.1 cm³/mol. The molecule has 0 saturated carbocycles. The van der Waals surface area contributed by atoms with Crippen LogP contribution in [0.4, 0.5) is 0 Å². The standard InChI is InChI=1S/C14H23O3P/c1-2-14(17-18(15)16)12-8-4-7-11-13-9-5-3-6-10-13/h3,5-6,9-10,14-16H,2,4,7-8,11-12H2,1H3. The molecule has 0 amide bonds. The van der Waals surface area contributed by atoms with Crippen molar-refractivity contribution in [3.63, 3.8) is 0 Å². The lowest BCUT2D eigenvalue weighted by Crippen LogP contribution is -2.08. The topological polar surface area (TPSA) is 49.7 Å². The van der Waals surface area contributed by atoms with Gasteiger partial charge in [0.25, 0.3) is 0 Å². The highest BCUT2D eigenvalue weighted by molar-refractivity contribution is 7.39. The first-order valence-corrected chi connectivity index (χ1v) is 7.77. The lowest BCUT2D eigenvalue weighted by molar-refractivity contribution is 0.155. The van der Waals surface area contributed by atoms with Crippen molar-refractivity contribution in [1.82, 2.24) is 0 Å². The zero-order valence-corrected chi connectivity index (χ0v) is 11.9. The summed E-state index contributed by atoms with van der Waals surface area (Å²) in [6.45, 7) is 2.01. The fourth-order valence-corrected chi connectivity index (χ4v) is 2.51. The molecule has 0 aliphatic carbocycles. The maximum atomic E-state index is 8.80. The van der Waals surface area contributed by atoms with Gasteiger partial charge in [0.1, 0.15) is 0 Å². The normalized spacial score (nSPS) is 12.9. The minimum atomic E-state index is -2.21. The quantitative estimate of drug-likeness (QED) is 0.530. The third kappa shape index (κ3) is 7.07. The summed E-state index contributed by atoms with van der Waals surface area (Å²) in [4.78, 5) is 17.6. The lowest BCUT2D eigenvalue weighted by Gasteiger charge is -2.15. The molecule has 0 fully saturated rings. The number of hydrogen-bond donors (Lipinski definition) is 2. The van der Waals surface area contributed by atoms with Gasteiger partial charge < -0.3 is 14.3 Å². The van der Waals surface area contributed by atoms with Crippen LogP contribution in [0.25, 0.3) is 0 Å². The molecule has 4 heteroatoms. The fourth-order valence-electron chi connectivity index (χ4n) is 1.99. The Morgan fingerprint density at radius 1 is 1.11 bits per heavy atom. The Bertz CT molecular complexity index is 303. The molecular formula is C14H23O3P. The Morgan fingerprint density at radius 2 is 1.83 bits per heavy atom. The molecule has 18 heavy (non-hydrogen) atoms. The Balaban J connectivity index is 2.07. The van der Waals surface area contributed by atoms with Crippen LogP contribution in [0.2, 0.25) is 0 Å². The van der Waals surface area contributed by atoms with Crippen LogP contribution in [-0.4, -0.2) is 15.9 Å². The van der Waals surface area contributed by atoms with Gasteiger partial charge >= 0.3 is 8.60 Å². The molecule has 0 aliphatic rings. The summed E-state index contributed by atoms with van der Waals surface area (Å²) in [5.41, 5.74) is 1.38. The zero-order valence-electron chi connectivity index (χ0n) is 11.0. The number of aryl methyl sites for hydroxylation is 1. The van der Waals surface area contributed by atoms with Gasteiger partial charge in [-0.05, 0) is 31.2 Å². The van der Waals surface area contributed by atoms with Gasteiger partial charge in [-0.3, -0.25) is 0 Å². The molecule has 1 aromatic rings. The third-order valence-corrected chi connectivity index (χ3v) is 3.52. The number of rotatable bonds is 9. The van der Waals surface area contributed by atoms with Gasteiger partial charge in [0.15, 0.2) is 0 Å². The molecule has 1 aromatic carbocycles. The summed E-state index contributed by atoms with van der Waals surface area (Å²) in [5.74, 6) is 0. The van der Waals surface area contributed by atoms with Crippen molar-refractivity contribution >= 4 is 8.60 Å². The SMILES string of the molecule is CCC(CCCCCc1ccccc1)OP(O)O. The molecule has 0 saturated heterocycles. The van der Waals surface area contributed by atoms with E-state index in [1.807, 2.05) is 13.0 Å². The number of unbranched alkanes of at least 4 members (excludes halogenated alkanes) is 2. The van der Waals surface area contributed by atoms with Crippen molar-refractivity contribution in [2.75, 3.05) is 0 Å².